The molecule has 2 unspecified atom stereocenters. The van der Waals surface area contributed by atoms with Gasteiger partial charge in [0.25, 0.3) is 0 Å². The number of nitrogens with zero attached hydrogens (tertiary/aromatic N) is 3. The third kappa shape index (κ3) is 2.90. The summed E-state index contributed by atoms with van der Waals surface area (Å²) in [5, 5.41) is 12.1. The van der Waals surface area contributed by atoms with Crippen molar-refractivity contribution in [1.82, 2.24) is 4.98 Å². The van der Waals surface area contributed by atoms with Crippen LogP contribution < -0.4 is 10.6 Å². The van der Waals surface area contributed by atoms with Gasteiger partial charge in [0.05, 0.1) is 17.2 Å². The van der Waals surface area contributed by atoms with E-state index < -0.39 is 0 Å². The van der Waals surface area contributed by atoms with Gasteiger partial charge in [0.2, 0.25) is 0 Å². The van der Waals surface area contributed by atoms with Gasteiger partial charge >= 0.3 is 0 Å². The Kier molecular flexibility index (Phi) is 4.11. The lowest BCUT2D eigenvalue weighted by Gasteiger charge is -2.36. The summed E-state index contributed by atoms with van der Waals surface area (Å²) < 4.78 is 5.68. The summed E-state index contributed by atoms with van der Waals surface area (Å²) in [5.74, 6) is 0.607. The SMILES string of the molecule is CC1CN(c2nccc(/C(N)=N/O)c2Cl)CC(C)O1. The summed E-state index contributed by atoms with van der Waals surface area (Å²) in [7, 11) is 0. The Morgan fingerprint density at radius 3 is 2.74 bits per heavy atom. The van der Waals surface area contributed by atoms with E-state index in [1.165, 1.54) is 0 Å². The Balaban J connectivity index is 2.35. The van der Waals surface area contributed by atoms with Crippen LogP contribution in [0.4, 0.5) is 5.82 Å². The van der Waals surface area contributed by atoms with Crippen molar-refractivity contribution >= 4 is 23.3 Å². The van der Waals surface area contributed by atoms with Crippen LogP contribution in [0.15, 0.2) is 17.4 Å². The predicted molar refractivity (Wildman–Crippen MR) is 74.0 cm³/mol. The van der Waals surface area contributed by atoms with E-state index in [-0.39, 0.29) is 18.0 Å². The minimum atomic E-state index is -0.0250. The molecule has 6 nitrogen and oxygen atoms in total. The Hall–Kier alpha value is -1.53. The first-order valence-corrected chi connectivity index (χ1v) is 6.43. The highest BCUT2D eigenvalue weighted by molar-refractivity contribution is 6.36. The largest absolute Gasteiger partial charge is 0.409 e. The molecule has 3 N–H and O–H groups in total. The Bertz CT molecular complexity index is 485. The average molecular weight is 285 g/mol. The molecule has 0 aromatic carbocycles. The molecular formula is C12H17ClN4O2. The number of ether oxygens (including phenoxy) is 1. The second kappa shape index (κ2) is 5.63. The first-order chi connectivity index (χ1) is 9.02. The zero-order valence-corrected chi connectivity index (χ0v) is 11.6. The van der Waals surface area contributed by atoms with Crippen molar-refractivity contribution in [2.24, 2.45) is 10.9 Å². The van der Waals surface area contributed by atoms with Gasteiger partial charge in [0.15, 0.2) is 5.84 Å². The van der Waals surface area contributed by atoms with Crippen LogP contribution in [0, 0.1) is 0 Å². The number of hydrogen-bond donors (Lipinski definition) is 2. The van der Waals surface area contributed by atoms with Crippen LogP contribution in [-0.2, 0) is 4.74 Å². The normalized spacial score (nSPS) is 24.6. The van der Waals surface area contributed by atoms with Gasteiger partial charge < -0.3 is 20.6 Å². The molecule has 1 aliphatic heterocycles. The number of amidine groups is 1. The van der Waals surface area contributed by atoms with Crippen molar-refractivity contribution in [3.63, 3.8) is 0 Å². The molecule has 1 aromatic rings. The number of anilines is 1. The number of nitrogens with two attached hydrogens (primary N) is 1. The fraction of sp³-hybridized carbons (Fsp3) is 0.500. The van der Waals surface area contributed by atoms with Gasteiger partial charge in [-0.15, -0.1) is 0 Å². The van der Waals surface area contributed by atoms with E-state index in [1.807, 2.05) is 13.8 Å². The minimum Gasteiger partial charge on any atom is -0.409 e. The zero-order chi connectivity index (χ0) is 14.0. The van der Waals surface area contributed by atoms with Crippen molar-refractivity contribution in [2.45, 2.75) is 26.1 Å². The third-order valence-electron chi connectivity index (χ3n) is 2.97. The first-order valence-electron chi connectivity index (χ1n) is 6.05. The van der Waals surface area contributed by atoms with Gasteiger partial charge in [-0.25, -0.2) is 4.98 Å². The molecule has 0 bridgehead atoms. The van der Waals surface area contributed by atoms with E-state index in [0.717, 1.165) is 0 Å². The average Bonchev–Trinajstić information content (AvgIpc) is 2.37. The molecule has 2 heterocycles. The number of hydrogen-bond acceptors (Lipinski definition) is 5. The minimum absolute atomic E-state index is 0.0250. The van der Waals surface area contributed by atoms with E-state index in [2.05, 4.69) is 15.0 Å². The molecule has 19 heavy (non-hydrogen) atoms. The van der Waals surface area contributed by atoms with Crippen molar-refractivity contribution < 1.29 is 9.94 Å². The van der Waals surface area contributed by atoms with E-state index in [4.69, 9.17) is 27.3 Å². The van der Waals surface area contributed by atoms with Gasteiger partial charge in [0.1, 0.15) is 5.82 Å². The van der Waals surface area contributed by atoms with Crippen LogP contribution in [0.25, 0.3) is 0 Å². The lowest BCUT2D eigenvalue weighted by Crippen LogP contribution is -2.46. The van der Waals surface area contributed by atoms with E-state index in [9.17, 15) is 0 Å². The maximum absolute atomic E-state index is 8.75. The van der Waals surface area contributed by atoms with Gasteiger partial charge in [-0.05, 0) is 19.9 Å². The third-order valence-corrected chi connectivity index (χ3v) is 3.35. The van der Waals surface area contributed by atoms with Crippen LogP contribution in [-0.4, -0.2) is 41.3 Å². The van der Waals surface area contributed by atoms with Crippen LogP contribution in [0.3, 0.4) is 0 Å². The maximum atomic E-state index is 8.75. The number of oxime groups is 1. The molecule has 0 aliphatic carbocycles. The van der Waals surface area contributed by atoms with Gasteiger partial charge in [-0.1, -0.05) is 16.8 Å². The molecule has 7 heteroatoms. The van der Waals surface area contributed by atoms with Crippen LogP contribution in [0.2, 0.25) is 5.02 Å². The monoisotopic (exact) mass is 284 g/mol. The fourth-order valence-corrected chi connectivity index (χ4v) is 2.58. The first kappa shape index (κ1) is 13.9. The molecular weight excluding hydrogens is 268 g/mol. The second-order valence-corrected chi connectivity index (χ2v) is 5.02. The molecule has 1 aromatic heterocycles. The van der Waals surface area contributed by atoms with Crippen LogP contribution >= 0.6 is 11.6 Å². The summed E-state index contributed by atoms with van der Waals surface area (Å²) in [6, 6.07) is 1.62. The quantitative estimate of drug-likeness (QED) is 0.372. The Morgan fingerprint density at radius 2 is 2.16 bits per heavy atom. The Labute approximate surface area is 116 Å². The molecule has 2 rings (SSSR count). The van der Waals surface area contributed by atoms with Crippen molar-refractivity contribution in [2.75, 3.05) is 18.0 Å². The molecule has 2 atom stereocenters. The molecule has 0 saturated carbocycles. The standard InChI is InChI=1S/C12H17ClN4O2/c1-7-5-17(6-8(2)19-7)12-10(13)9(3-4-15-12)11(14)16-18/h3-4,7-8,18H,5-6H2,1-2H3,(H2,14,16). The summed E-state index contributed by atoms with van der Waals surface area (Å²) in [6.45, 7) is 5.42. The van der Waals surface area contributed by atoms with Gasteiger partial charge in [-0.3, -0.25) is 0 Å². The fourth-order valence-electron chi connectivity index (χ4n) is 2.26. The molecule has 0 radical (unpaired) electrons. The van der Waals surface area contributed by atoms with Crippen molar-refractivity contribution in [3.8, 4) is 0 Å². The van der Waals surface area contributed by atoms with E-state index in [0.29, 0.717) is 29.5 Å². The van der Waals surface area contributed by atoms with Gasteiger partial charge in [0, 0.05) is 24.8 Å². The number of morpholine rings is 1. The molecule has 1 saturated heterocycles. The molecule has 0 amide bonds. The summed E-state index contributed by atoms with van der Waals surface area (Å²) >= 11 is 6.29. The molecule has 1 fully saturated rings. The van der Waals surface area contributed by atoms with Crippen LogP contribution in [0.1, 0.15) is 19.4 Å². The van der Waals surface area contributed by atoms with E-state index >= 15 is 0 Å². The highest BCUT2D eigenvalue weighted by atomic mass is 35.5. The maximum Gasteiger partial charge on any atom is 0.171 e. The molecule has 104 valence electrons. The topological polar surface area (TPSA) is 84.0 Å². The Morgan fingerprint density at radius 1 is 1.53 bits per heavy atom. The summed E-state index contributed by atoms with van der Waals surface area (Å²) in [5.41, 5.74) is 6.07. The highest BCUT2D eigenvalue weighted by Crippen LogP contribution is 2.29. The number of pyridine rings is 1. The van der Waals surface area contributed by atoms with Crippen molar-refractivity contribution in [3.05, 3.63) is 22.8 Å². The number of rotatable bonds is 2. The predicted octanol–water partition coefficient (Wildman–Crippen LogP) is 1.44. The summed E-state index contributed by atoms with van der Waals surface area (Å²) in [6.07, 6.45) is 1.81. The second-order valence-electron chi connectivity index (χ2n) is 4.64. The molecule has 0 spiro atoms. The van der Waals surface area contributed by atoms with E-state index in [1.54, 1.807) is 12.3 Å². The lowest BCUT2D eigenvalue weighted by molar-refractivity contribution is -0.00545. The van der Waals surface area contributed by atoms with Crippen molar-refractivity contribution in [1.29, 1.82) is 0 Å². The van der Waals surface area contributed by atoms with Gasteiger partial charge in [-0.2, -0.15) is 0 Å². The smallest absolute Gasteiger partial charge is 0.171 e. The lowest BCUT2D eigenvalue weighted by atomic mass is 10.2. The zero-order valence-electron chi connectivity index (χ0n) is 10.9. The summed E-state index contributed by atoms with van der Waals surface area (Å²) in [4.78, 5) is 6.35. The number of aromatic nitrogens is 1. The molecule has 1 aliphatic rings. The number of halogens is 1. The van der Waals surface area contributed by atoms with Crippen LogP contribution in [0.5, 0.6) is 0 Å². The highest BCUT2D eigenvalue weighted by Gasteiger charge is 2.25.